The van der Waals surface area contributed by atoms with Crippen LogP contribution < -0.4 is 0 Å². The number of nitrogens with zero attached hydrogens (tertiary/aromatic N) is 1. The lowest BCUT2D eigenvalue weighted by molar-refractivity contribution is -0.386. The first kappa shape index (κ1) is 10.6. The van der Waals surface area contributed by atoms with Gasteiger partial charge in [-0.2, -0.15) is 0 Å². The fourth-order valence-corrected chi connectivity index (χ4v) is 1.51. The van der Waals surface area contributed by atoms with Crippen molar-refractivity contribution in [2.75, 3.05) is 0 Å². The minimum absolute atomic E-state index is 0.211. The van der Waals surface area contributed by atoms with Crippen molar-refractivity contribution in [3.05, 3.63) is 37.8 Å². The molecule has 1 rings (SSSR count). The zero-order valence-electron chi connectivity index (χ0n) is 7.15. The number of aryl methyl sites for hydroxylation is 1. The molecule has 0 unspecified atom stereocenters. The van der Waals surface area contributed by atoms with Crippen molar-refractivity contribution in [1.82, 2.24) is 0 Å². The van der Waals surface area contributed by atoms with E-state index in [0.29, 0.717) is 5.56 Å². The van der Waals surface area contributed by atoms with E-state index in [1.54, 1.807) is 6.92 Å². The van der Waals surface area contributed by atoms with E-state index in [0.717, 1.165) is 0 Å². The van der Waals surface area contributed by atoms with Crippen LogP contribution in [-0.2, 0) is 0 Å². The van der Waals surface area contributed by atoms with Gasteiger partial charge in [-0.1, -0.05) is 6.07 Å². The molecule has 0 bridgehead atoms. The van der Waals surface area contributed by atoms with E-state index in [9.17, 15) is 14.9 Å². The van der Waals surface area contributed by atoms with Crippen molar-refractivity contribution in [1.29, 1.82) is 0 Å². The summed E-state index contributed by atoms with van der Waals surface area (Å²) in [5.74, 6) is -1.31. The molecule has 0 aromatic heterocycles. The lowest BCUT2D eigenvalue weighted by Gasteiger charge is -2.02. The molecule has 0 aliphatic heterocycles. The van der Waals surface area contributed by atoms with E-state index in [4.69, 9.17) is 5.11 Å². The molecule has 1 aromatic carbocycles. The molecule has 74 valence electrons. The minimum atomic E-state index is -1.31. The van der Waals surface area contributed by atoms with Gasteiger partial charge in [0.15, 0.2) is 0 Å². The molecule has 0 saturated carbocycles. The fourth-order valence-electron chi connectivity index (χ4n) is 1.02. The molecule has 14 heavy (non-hydrogen) atoms. The maximum absolute atomic E-state index is 10.7. The molecule has 0 aliphatic carbocycles. The van der Waals surface area contributed by atoms with Crippen molar-refractivity contribution in [3.63, 3.8) is 0 Å². The van der Waals surface area contributed by atoms with Crippen molar-refractivity contribution < 1.29 is 14.8 Å². The molecule has 5 nitrogen and oxygen atoms in total. The van der Waals surface area contributed by atoms with Gasteiger partial charge in [0.05, 0.1) is 9.40 Å². The number of carboxylic acid groups (broad SMARTS) is 1. The second-order valence-corrected chi connectivity index (χ2v) is 3.45. The van der Waals surface area contributed by atoms with Crippen LogP contribution in [0.2, 0.25) is 0 Å². The maximum atomic E-state index is 10.7. The quantitative estimate of drug-likeness (QED) is 0.653. The molecule has 1 aromatic rings. The molecule has 0 saturated heterocycles. The highest BCUT2D eigenvalue weighted by Crippen LogP contribution is 2.31. The Bertz CT molecular complexity index is 416. The van der Waals surface area contributed by atoms with E-state index in [1.807, 2.05) is 0 Å². The number of halogens is 1. The van der Waals surface area contributed by atoms with Gasteiger partial charge in [0, 0.05) is 0 Å². The SMILES string of the molecule is Cc1ccc(C(=O)O)c([N+](=O)[O-])c1Br. The lowest BCUT2D eigenvalue weighted by Crippen LogP contribution is -2.03. The molecule has 0 heterocycles. The summed E-state index contributed by atoms with van der Waals surface area (Å²) in [6.45, 7) is 1.66. The molecular weight excluding hydrogens is 254 g/mol. The van der Waals surface area contributed by atoms with Crippen LogP contribution in [0.1, 0.15) is 15.9 Å². The average molecular weight is 260 g/mol. The molecule has 0 fully saturated rings. The summed E-state index contributed by atoms with van der Waals surface area (Å²) in [4.78, 5) is 20.6. The lowest BCUT2D eigenvalue weighted by atomic mass is 10.1. The summed E-state index contributed by atoms with van der Waals surface area (Å²) >= 11 is 2.99. The topological polar surface area (TPSA) is 80.4 Å². The molecular formula is C8H6BrNO4. The molecule has 0 aliphatic rings. The van der Waals surface area contributed by atoms with Gasteiger partial charge >= 0.3 is 5.97 Å². The van der Waals surface area contributed by atoms with Gasteiger partial charge < -0.3 is 5.11 Å². The summed E-state index contributed by atoms with van der Waals surface area (Å²) in [6, 6.07) is 2.74. The number of rotatable bonds is 2. The number of benzene rings is 1. The Labute approximate surface area is 87.6 Å². The Morgan fingerprint density at radius 1 is 1.57 bits per heavy atom. The molecule has 1 N–H and O–H groups in total. The Morgan fingerprint density at radius 3 is 2.57 bits per heavy atom. The predicted octanol–water partition coefficient (Wildman–Crippen LogP) is 2.36. The Hall–Kier alpha value is -1.43. The summed E-state index contributed by atoms with van der Waals surface area (Å²) in [7, 11) is 0. The minimum Gasteiger partial charge on any atom is -0.477 e. The number of aromatic carboxylic acids is 1. The first-order valence-electron chi connectivity index (χ1n) is 3.62. The van der Waals surface area contributed by atoms with Crippen LogP contribution >= 0.6 is 15.9 Å². The average Bonchev–Trinajstić information content (AvgIpc) is 2.08. The molecule has 0 radical (unpaired) electrons. The highest BCUT2D eigenvalue weighted by atomic mass is 79.9. The monoisotopic (exact) mass is 259 g/mol. The number of carbonyl (C=O) groups is 1. The van der Waals surface area contributed by atoms with Crippen LogP contribution in [-0.4, -0.2) is 16.0 Å². The Morgan fingerprint density at radius 2 is 2.14 bits per heavy atom. The second-order valence-electron chi connectivity index (χ2n) is 2.65. The van der Waals surface area contributed by atoms with Gasteiger partial charge in [0.25, 0.3) is 5.69 Å². The third kappa shape index (κ3) is 1.74. The number of hydrogen-bond acceptors (Lipinski definition) is 3. The maximum Gasteiger partial charge on any atom is 0.342 e. The van der Waals surface area contributed by atoms with Crippen LogP contribution in [0.15, 0.2) is 16.6 Å². The van der Waals surface area contributed by atoms with Gasteiger partial charge in [-0.25, -0.2) is 4.79 Å². The molecule has 0 amide bonds. The molecule has 0 spiro atoms. The zero-order chi connectivity index (χ0) is 10.9. The first-order valence-corrected chi connectivity index (χ1v) is 4.41. The summed E-state index contributed by atoms with van der Waals surface area (Å²) in [5.41, 5.74) is -0.0910. The van der Waals surface area contributed by atoms with Gasteiger partial charge in [0.2, 0.25) is 0 Å². The fraction of sp³-hybridized carbons (Fsp3) is 0.125. The van der Waals surface area contributed by atoms with E-state index < -0.39 is 16.6 Å². The van der Waals surface area contributed by atoms with Gasteiger partial charge in [0.1, 0.15) is 5.56 Å². The summed E-state index contributed by atoms with van der Waals surface area (Å²) < 4.78 is 0.211. The largest absolute Gasteiger partial charge is 0.477 e. The number of nitro benzene ring substituents is 1. The van der Waals surface area contributed by atoms with Crippen LogP contribution in [0.4, 0.5) is 5.69 Å². The Balaban J connectivity index is 3.53. The van der Waals surface area contributed by atoms with Gasteiger partial charge in [-0.3, -0.25) is 10.1 Å². The van der Waals surface area contributed by atoms with Crippen molar-refractivity contribution in [2.45, 2.75) is 6.92 Å². The Kier molecular flexibility index (Phi) is 2.85. The third-order valence-electron chi connectivity index (χ3n) is 1.72. The van der Waals surface area contributed by atoms with Gasteiger partial charge in [-0.15, -0.1) is 0 Å². The van der Waals surface area contributed by atoms with Crippen LogP contribution in [0.3, 0.4) is 0 Å². The number of carboxylic acids is 1. The highest BCUT2D eigenvalue weighted by Gasteiger charge is 2.24. The van der Waals surface area contributed by atoms with Crippen LogP contribution in [0.5, 0.6) is 0 Å². The standard InChI is InChI=1S/C8H6BrNO4/c1-4-2-3-5(8(11)12)7(6(4)9)10(13)14/h2-3H,1H3,(H,11,12). The second kappa shape index (κ2) is 3.75. The smallest absolute Gasteiger partial charge is 0.342 e. The van der Waals surface area contributed by atoms with E-state index >= 15 is 0 Å². The van der Waals surface area contributed by atoms with Crippen molar-refractivity contribution >= 4 is 27.6 Å². The zero-order valence-corrected chi connectivity index (χ0v) is 8.74. The first-order chi connectivity index (χ1) is 6.45. The number of nitro groups is 1. The van der Waals surface area contributed by atoms with E-state index in [-0.39, 0.29) is 10.0 Å². The molecule has 0 atom stereocenters. The summed E-state index contributed by atoms with van der Waals surface area (Å²) in [6.07, 6.45) is 0. The predicted molar refractivity (Wildman–Crippen MR) is 52.5 cm³/mol. The van der Waals surface area contributed by atoms with Crippen LogP contribution in [0, 0.1) is 17.0 Å². The number of hydrogen-bond donors (Lipinski definition) is 1. The molecule has 6 heteroatoms. The van der Waals surface area contributed by atoms with Crippen LogP contribution in [0.25, 0.3) is 0 Å². The van der Waals surface area contributed by atoms with E-state index in [2.05, 4.69) is 15.9 Å². The third-order valence-corrected chi connectivity index (χ3v) is 2.72. The normalized spacial score (nSPS) is 9.86. The highest BCUT2D eigenvalue weighted by molar-refractivity contribution is 9.10. The van der Waals surface area contributed by atoms with Crippen molar-refractivity contribution in [2.24, 2.45) is 0 Å². The summed E-state index contributed by atoms with van der Waals surface area (Å²) in [5, 5.41) is 19.3. The van der Waals surface area contributed by atoms with Crippen molar-refractivity contribution in [3.8, 4) is 0 Å². The van der Waals surface area contributed by atoms with Gasteiger partial charge in [-0.05, 0) is 34.5 Å². The van der Waals surface area contributed by atoms with E-state index in [1.165, 1.54) is 12.1 Å².